The van der Waals surface area contributed by atoms with Crippen LogP contribution in [0, 0.1) is 11.8 Å². The van der Waals surface area contributed by atoms with Crippen LogP contribution >= 0.6 is 0 Å². The standard InChI is InChI=1S/C22H31F3N2O2S/c1-2-3-11-19-17-9-7-14-26-13-6-8-16(21(17)26)15-27(19)30(28,29)20-12-5-4-10-18(20)22(23,24)25/h4-5,10,12,16-17,19,21H,2-3,6-9,11,13-15H2,1H3/t16-,17-,19-,21+/m1/s1. The monoisotopic (exact) mass is 444 g/mol. The Bertz CT molecular complexity index is 856. The molecule has 0 radical (unpaired) electrons. The van der Waals surface area contributed by atoms with Gasteiger partial charge in [-0.1, -0.05) is 31.9 Å². The quantitative estimate of drug-likeness (QED) is 0.658. The van der Waals surface area contributed by atoms with Gasteiger partial charge in [0.1, 0.15) is 0 Å². The molecule has 0 unspecified atom stereocenters. The predicted molar refractivity (Wildman–Crippen MR) is 109 cm³/mol. The molecule has 30 heavy (non-hydrogen) atoms. The van der Waals surface area contributed by atoms with E-state index in [0.29, 0.717) is 19.0 Å². The van der Waals surface area contributed by atoms with Crippen molar-refractivity contribution in [3.63, 3.8) is 0 Å². The van der Waals surface area contributed by atoms with E-state index in [1.807, 2.05) is 0 Å². The van der Waals surface area contributed by atoms with E-state index in [9.17, 15) is 21.6 Å². The van der Waals surface area contributed by atoms with Gasteiger partial charge in [0.05, 0.1) is 10.5 Å². The minimum Gasteiger partial charge on any atom is -0.300 e. The van der Waals surface area contributed by atoms with Crippen molar-refractivity contribution in [2.24, 2.45) is 11.8 Å². The molecule has 3 fully saturated rings. The molecular weight excluding hydrogens is 413 g/mol. The third kappa shape index (κ3) is 3.91. The normalized spacial score (nSPS) is 30.8. The molecule has 0 aliphatic carbocycles. The van der Waals surface area contributed by atoms with E-state index in [2.05, 4.69) is 11.8 Å². The zero-order valence-corrected chi connectivity index (χ0v) is 18.3. The second kappa shape index (κ2) is 8.43. The molecule has 0 aromatic heterocycles. The first-order chi connectivity index (χ1) is 14.2. The van der Waals surface area contributed by atoms with Crippen LogP contribution in [0.1, 0.15) is 57.4 Å². The molecule has 0 bridgehead atoms. The molecule has 3 aliphatic heterocycles. The second-order valence-corrected chi connectivity index (χ2v) is 10.9. The van der Waals surface area contributed by atoms with Crippen molar-refractivity contribution in [1.82, 2.24) is 9.21 Å². The predicted octanol–water partition coefficient (Wildman–Crippen LogP) is 4.76. The summed E-state index contributed by atoms with van der Waals surface area (Å²) < 4.78 is 69.7. The maximum absolute atomic E-state index is 13.7. The van der Waals surface area contributed by atoms with Crippen LogP contribution in [0.5, 0.6) is 0 Å². The molecule has 4 nitrogen and oxygen atoms in total. The summed E-state index contributed by atoms with van der Waals surface area (Å²) in [5, 5.41) is 0. The first kappa shape index (κ1) is 22.1. The fourth-order valence-electron chi connectivity index (χ4n) is 6.06. The Kier molecular flexibility index (Phi) is 6.21. The smallest absolute Gasteiger partial charge is 0.300 e. The Labute approximate surface area is 177 Å². The highest BCUT2D eigenvalue weighted by Crippen LogP contribution is 2.46. The molecule has 1 aromatic carbocycles. The fraction of sp³-hybridized carbons (Fsp3) is 0.727. The van der Waals surface area contributed by atoms with Crippen molar-refractivity contribution in [3.05, 3.63) is 29.8 Å². The minimum absolute atomic E-state index is 0.203. The molecule has 4 rings (SSSR count). The zero-order valence-electron chi connectivity index (χ0n) is 17.4. The summed E-state index contributed by atoms with van der Waals surface area (Å²) in [6.45, 7) is 4.52. The third-order valence-electron chi connectivity index (χ3n) is 7.26. The number of nitrogens with zero attached hydrogens (tertiary/aromatic N) is 2. The van der Waals surface area contributed by atoms with Crippen molar-refractivity contribution in [2.75, 3.05) is 19.6 Å². The van der Waals surface area contributed by atoms with E-state index in [0.717, 1.165) is 63.7 Å². The van der Waals surface area contributed by atoms with E-state index in [1.54, 1.807) is 0 Å². The lowest BCUT2D eigenvalue weighted by Gasteiger charge is -2.57. The zero-order chi connectivity index (χ0) is 21.5. The number of hydrogen-bond donors (Lipinski definition) is 0. The number of rotatable bonds is 5. The van der Waals surface area contributed by atoms with Gasteiger partial charge in [0, 0.05) is 18.6 Å². The first-order valence-electron chi connectivity index (χ1n) is 11.2. The van der Waals surface area contributed by atoms with Gasteiger partial charge >= 0.3 is 6.18 Å². The molecule has 0 amide bonds. The fourth-order valence-corrected chi connectivity index (χ4v) is 8.03. The molecule has 0 spiro atoms. The highest BCUT2D eigenvalue weighted by molar-refractivity contribution is 7.89. The lowest BCUT2D eigenvalue weighted by molar-refractivity contribution is -0.140. The van der Waals surface area contributed by atoms with Crippen LogP contribution in [0.2, 0.25) is 0 Å². The van der Waals surface area contributed by atoms with Crippen molar-refractivity contribution >= 4 is 10.0 Å². The summed E-state index contributed by atoms with van der Waals surface area (Å²) in [4.78, 5) is 1.93. The van der Waals surface area contributed by atoms with Crippen LogP contribution < -0.4 is 0 Å². The molecule has 3 aliphatic rings. The van der Waals surface area contributed by atoms with E-state index < -0.39 is 26.7 Å². The summed E-state index contributed by atoms with van der Waals surface area (Å²) >= 11 is 0. The van der Waals surface area contributed by atoms with Gasteiger partial charge in [-0.3, -0.25) is 4.90 Å². The molecule has 0 N–H and O–H groups in total. The first-order valence-corrected chi connectivity index (χ1v) is 12.6. The molecular formula is C22H31F3N2O2S. The number of halogens is 3. The van der Waals surface area contributed by atoms with E-state index in [4.69, 9.17) is 0 Å². The van der Waals surface area contributed by atoms with Gasteiger partial charge in [0.2, 0.25) is 10.0 Å². The summed E-state index contributed by atoms with van der Waals surface area (Å²) in [5.41, 5.74) is -1.06. The maximum Gasteiger partial charge on any atom is 0.417 e. The van der Waals surface area contributed by atoms with Gasteiger partial charge in [0.25, 0.3) is 0 Å². The van der Waals surface area contributed by atoms with Crippen LogP contribution in [0.15, 0.2) is 29.2 Å². The van der Waals surface area contributed by atoms with Crippen LogP contribution in [-0.2, 0) is 16.2 Å². The minimum atomic E-state index is -4.70. The lowest BCUT2D eigenvalue weighted by atomic mass is 9.70. The summed E-state index contributed by atoms with van der Waals surface area (Å²) in [6, 6.07) is 4.79. The Morgan fingerprint density at radius 2 is 1.80 bits per heavy atom. The highest BCUT2D eigenvalue weighted by atomic mass is 32.2. The van der Waals surface area contributed by atoms with E-state index >= 15 is 0 Å². The average molecular weight is 445 g/mol. The maximum atomic E-state index is 13.7. The molecule has 8 heteroatoms. The largest absolute Gasteiger partial charge is 0.417 e. The average Bonchev–Trinajstić information content (AvgIpc) is 2.72. The number of piperidine rings is 3. The van der Waals surface area contributed by atoms with Gasteiger partial charge < -0.3 is 0 Å². The van der Waals surface area contributed by atoms with Crippen molar-refractivity contribution in [3.8, 4) is 0 Å². The molecule has 3 saturated heterocycles. The van der Waals surface area contributed by atoms with E-state index in [1.165, 1.54) is 16.4 Å². The summed E-state index contributed by atoms with van der Waals surface area (Å²) in [7, 11) is -4.25. The van der Waals surface area contributed by atoms with Crippen LogP contribution in [0.4, 0.5) is 13.2 Å². The summed E-state index contributed by atoms with van der Waals surface area (Å²) in [6.07, 6.45) is 1.80. The number of unbranched alkanes of at least 4 members (excludes halogenated alkanes) is 1. The van der Waals surface area contributed by atoms with Gasteiger partial charge in [-0.05, 0) is 69.2 Å². The number of sulfonamides is 1. The highest BCUT2D eigenvalue weighted by Gasteiger charge is 2.52. The van der Waals surface area contributed by atoms with Crippen LogP contribution in [-0.4, -0.2) is 49.3 Å². The molecule has 0 saturated carbocycles. The summed E-state index contributed by atoms with van der Waals surface area (Å²) in [5.74, 6) is 0.409. The topological polar surface area (TPSA) is 40.6 Å². The Hall–Kier alpha value is -1.12. The van der Waals surface area contributed by atoms with Crippen molar-refractivity contribution < 1.29 is 21.6 Å². The Morgan fingerprint density at radius 1 is 1.10 bits per heavy atom. The molecule has 1 aromatic rings. The number of benzene rings is 1. The Morgan fingerprint density at radius 3 is 2.50 bits per heavy atom. The lowest BCUT2D eigenvalue weighted by Crippen LogP contribution is -2.65. The number of alkyl halides is 3. The number of hydrogen-bond acceptors (Lipinski definition) is 3. The molecule has 168 valence electrons. The van der Waals surface area contributed by atoms with Gasteiger partial charge in [-0.15, -0.1) is 0 Å². The Balaban J connectivity index is 1.76. The molecule has 3 heterocycles. The van der Waals surface area contributed by atoms with E-state index in [-0.39, 0.29) is 17.9 Å². The van der Waals surface area contributed by atoms with Crippen LogP contribution in [0.3, 0.4) is 0 Å². The van der Waals surface area contributed by atoms with Crippen LogP contribution in [0.25, 0.3) is 0 Å². The van der Waals surface area contributed by atoms with Crippen molar-refractivity contribution in [1.29, 1.82) is 0 Å². The van der Waals surface area contributed by atoms with Gasteiger partial charge in [-0.25, -0.2) is 8.42 Å². The third-order valence-corrected chi connectivity index (χ3v) is 9.21. The van der Waals surface area contributed by atoms with Gasteiger partial charge in [-0.2, -0.15) is 17.5 Å². The van der Waals surface area contributed by atoms with Crippen molar-refractivity contribution in [2.45, 2.75) is 75.0 Å². The molecule has 4 atom stereocenters. The van der Waals surface area contributed by atoms with Gasteiger partial charge in [0.15, 0.2) is 0 Å². The SMILES string of the molecule is CCCC[C@@H]1[C@H]2CCCN3CCC[C@H](CN1S(=O)(=O)c1ccccc1C(F)(F)F)[C@@H]23. The second-order valence-electron chi connectivity index (χ2n) is 9.01.